The van der Waals surface area contributed by atoms with Gasteiger partial charge in [0.15, 0.2) is 0 Å². The van der Waals surface area contributed by atoms with Crippen LogP contribution in [0.2, 0.25) is 0 Å². The molecule has 1 unspecified atom stereocenters. The summed E-state index contributed by atoms with van der Waals surface area (Å²) in [5.41, 5.74) is 2.57. The first-order valence-electron chi connectivity index (χ1n) is 5.13. The summed E-state index contributed by atoms with van der Waals surface area (Å²) in [5, 5.41) is 0. The molecule has 1 saturated heterocycles. The third-order valence-corrected chi connectivity index (χ3v) is 2.42. The van der Waals surface area contributed by atoms with E-state index in [2.05, 4.69) is 32.0 Å². The van der Waals surface area contributed by atoms with Gasteiger partial charge in [-0.15, -0.1) is 0 Å². The van der Waals surface area contributed by atoms with Crippen molar-refractivity contribution in [3.05, 3.63) is 29.3 Å². The fraction of sp³-hybridized carbons (Fsp3) is 0.500. The van der Waals surface area contributed by atoms with Gasteiger partial charge in [0.05, 0.1) is 6.61 Å². The van der Waals surface area contributed by atoms with Crippen LogP contribution >= 0.6 is 0 Å². The number of epoxide rings is 1. The maximum atomic E-state index is 5.68. The number of hydrogen-bond donors (Lipinski definition) is 0. The van der Waals surface area contributed by atoms with Crippen molar-refractivity contribution in [2.45, 2.75) is 26.4 Å². The first-order chi connectivity index (χ1) is 6.79. The molecule has 0 amide bonds. The molecule has 1 aliphatic heterocycles. The second-order valence-electron chi connectivity index (χ2n) is 3.73. The van der Waals surface area contributed by atoms with E-state index in [1.54, 1.807) is 0 Å². The first kappa shape index (κ1) is 9.53. The summed E-state index contributed by atoms with van der Waals surface area (Å²) in [6.07, 6.45) is 1.35. The summed E-state index contributed by atoms with van der Waals surface area (Å²) in [6.45, 7) is 5.80. The van der Waals surface area contributed by atoms with Gasteiger partial charge in [-0.1, -0.05) is 24.6 Å². The van der Waals surface area contributed by atoms with E-state index in [0.29, 0.717) is 12.7 Å². The Morgan fingerprint density at radius 1 is 1.50 bits per heavy atom. The van der Waals surface area contributed by atoms with Crippen molar-refractivity contribution in [1.29, 1.82) is 0 Å². The van der Waals surface area contributed by atoms with Crippen molar-refractivity contribution in [1.82, 2.24) is 0 Å². The summed E-state index contributed by atoms with van der Waals surface area (Å²) >= 11 is 0. The van der Waals surface area contributed by atoms with Crippen LogP contribution in [-0.4, -0.2) is 19.3 Å². The van der Waals surface area contributed by atoms with Crippen LogP contribution in [0.5, 0.6) is 5.75 Å². The number of ether oxygens (including phenoxy) is 2. The number of aryl methyl sites for hydroxylation is 2. The summed E-state index contributed by atoms with van der Waals surface area (Å²) < 4.78 is 10.8. The maximum absolute atomic E-state index is 5.68. The van der Waals surface area contributed by atoms with Gasteiger partial charge in [0, 0.05) is 0 Å². The molecule has 0 aromatic heterocycles. The molecule has 1 atom stereocenters. The average Bonchev–Trinajstić information content (AvgIpc) is 2.99. The summed E-state index contributed by atoms with van der Waals surface area (Å²) in [6, 6.07) is 6.32. The van der Waals surface area contributed by atoms with Gasteiger partial charge in [-0.2, -0.15) is 0 Å². The molecule has 1 heterocycles. The number of rotatable bonds is 4. The van der Waals surface area contributed by atoms with E-state index in [0.717, 1.165) is 18.8 Å². The molecule has 1 aromatic rings. The monoisotopic (exact) mass is 192 g/mol. The van der Waals surface area contributed by atoms with Gasteiger partial charge in [-0.05, 0) is 25.0 Å². The normalized spacial score (nSPS) is 19.4. The van der Waals surface area contributed by atoms with Crippen LogP contribution in [0.3, 0.4) is 0 Å². The van der Waals surface area contributed by atoms with Gasteiger partial charge < -0.3 is 9.47 Å². The van der Waals surface area contributed by atoms with Crippen LogP contribution in [0.15, 0.2) is 18.2 Å². The van der Waals surface area contributed by atoms with Gasteiger partial charge in [0.25, 0.3) is 0 Å². The Labute approximate surface area is 84.8 Å². The molecule has 1 aromatic carbocycles. The van der Waals surface area contributed by atoms with Gasteiger partial charge in [-0.3, -0.25) is 0 Å². The Hall–Kier alpha value is -1.02. The van der Waals surface area contributed by atoms with Crippen LogP contribution in [0, 0.1) is 6.92 Å². The minimum absolute atomic E-state index is 0.334. The molecule has 0 bridgehead atoms. The standard InChI is InChI=1S/C12H16O2/c1-3-10-6-9(2)4-5-12(10)14-8-11-7-13-11/h4-6,11H,3,7-8H2,1-2H3. The Bertz CT molecular complexity index is 316. The molecule has 76 valence electrons. The van der Waals surface area contributed by atoms with Crippen molar-refractivity contribution in [3.63, 3.8) is 0 Å². The lowest BCUT2D eigenvalue weighted by Gasteiger charge is -2.09. The summed E-state index contributed by atoms with van der Waals surface area (Å²) in [7, 11) is 0. The molecule has 1 aliphatic rings. The van der Waals surface area contributed by atoms with E-state index in [1.165, 1.54) is 11.1 Å². The van der Waals surface area contributed by atoms with Crippen LogP contribution in [0.25, 0.3) is 0 Å². The number of benzene rings is 1. The molecule has 1 fully saturated rings. The number of hydrogen-bond acceptors (Lipinski definition) is 2. The zero-order valence-electron chi connectivity index (χ0n) is 8.75. The van der Waals surface area contributed by atoms with E-state index in [-0.39, 0.29) is 0 Å². The van der Waals surface area contributed by atoms with Gasteiger partial charge >= 0.3 is 0 Å². The van der Waals surface area contributed by atoms with Crippen LogP contribution < -0.4 is 4.74 Å². The molecular formula is C12H16O2. The van der Waals surface area contributed by atoms with Crippen molar-refractivity contribution in [2.24, 2.45) is 0 Å². The molecule has 2 rings (SSSR count). The molecule has 0 spiro atoms. The molecule has 0 aliphatic carbocycles. The van der Waals surface area contributed by atoms with Gasteiger partial charge in [-0.25, -0.2) is 0 Å². The van der Waals surface area contributed by atoms with Gasteiger partial charge in [0.2, 0.25) is 0 Å². The quantitative estimate of drug-likeness (QED) is 0.683. The largest absolute Gasteiger partial charge is 0.491 e. The van der Waals surface area contributed by atoms with Crippen molar-refractivity contribution in [3.8, 4) is 5.75 Å². The molecular weight excluding hydrogens is 176 g/mol. The lowest BCUT2D eigenvalue weighted by atomic mass is 10.1. The second-order valence-corrected chi connectivity index (χ2v) is 3.73. The summed E-state index contributed by atoms with van der Waals surface area (Å²) in [4.78, 5) is 0. The van der Waals surface area contributed by atoms with Crippen LogP contribution in [-0.2, 0) is 11.2 Å². The lowest BCUT2D eigenvalue weighted by Crippen LogP contribution is -2.05. The molecule has 0 N–H and O–H groups in total. The zero-order valence-corrected chi connectivity index (χ0v) is 8.75. The fourth-order valence-electron chi connectivity index (χ4n) is 1.47. The highest BCUT2D eigenvalue weighted by atomic mass is 16.6. The third-order valence-electron chi connectivity index (χ3n) is 2.42. The Morgan fingerprint density at radius 2 is 2.29 bits per heavy atom. The minimum Gasteiger partial charge on any atom is -0.491 e. The molecule has 0 saturated carbocycles. The first-order valence-corrected chi connectivity index (χ1v) is 5.13. The van der Waals surface area contributed by atoms with Crippen LogP contribution in [0.4, 0.5) is 0 Å². The second kappa shape index (κ2) is 4.01. The summed E-state index contributed by atoms with van der Waals surface area (Å²) in [5.74, 6) is 1.01. The highest BCUT2D eigenvalue weighted by molar-refractivity contribution is 5.36. The Balaban J connectivity index is 2.05. The topological polar surface area (TPSA) is 21.8 Å². The highest BCUT2D eigenvalue weighted by Crippen LogP contribution is 2.22. The van der Waals surface area contributed by atoms with Crippen molar-refractivity contribution < 1.29 is 9.47 Å². The minimum atomic E-state index is 0.334. The molecule has 14 heavy (non-hydrogen) atoms. The third kappa shape index (κ3) is 2.26. The lowest BCUT2D eigenvalue weighted by molar-refractivity contribution is 0.261. The van der Waals surface area contributed by atoms with Crippen molar-refractivity contribution >= 4 is 0 Å². The van der Waals surface area contributed by atoms with E-state index in [1.807, 2.05) is 0 Å². The zero-order chi connectivity index (χ0) is 9.97. The maximum Gasteiger partial charge on any atom is 0.122 e. The fourth-order valence-corrected chi connectivity index (χ4v) is 1.47. The smallest absolute Gasteiger partial charge is 0.122 e. The van der Waals surface area contributed by atoms with E-state index >= 15 is 0 Å². The van der Waals surface area contributed by atoms with E-state index in [4.69, 9.17) is 9.47 Å². The predicted octanol–water partition coefficient (Wildman–Crippen LogP) is 2.34. The SMILES string of the molecule is CCc1cc(C)ccc1OCC1CO1. The van der Waals surface area contributed by atoms with Crippen LogP contribution in [0.1, 0.15) is 18.1 Å². The Morgan fingerprint density at radius 3 is 2.93 bits per heavy atom. The Kier molecular flexibility index (Phi) is 2.73. The molecule has 0 radical (unpaired) electrons. The highest BCUT2D eigenvalue weighted by Gasteiger charge is 2.23. The van der Waals surface area contributed by atoms with E-state index < -0.39 is 0 Å². The predicted molar refractivity (Wildman–Crippen MR) is 55.8 cm³/mol. The molecule has 2 nitrogen and oxygen atoms in total. The average molecular weight is 192 g/mol. The van der Waals surface area contributed by atoms with Gasteiger partial charge in [0.1, 0.15) is 18.5 Å². The van der Waals surface area contributed by atoms with E-state index in [9.17, 15) is 0 Å². The molecule has 2 heteroatoms. The van der Waals surface area contributed by atoms with Crippen molar-refractivity contribution in [2.75, 3.05) is 13.2 Å².